The second kappa shape index (κ2) is 10.2. The average molecular weight is 509 g/mol. The van der Waals surface area contributed by atoms with Crippen LogP contribution in [-0.2, 0) is 16.9 Å². The molecule has 3 aromatic rings. The van der Waals surface area contributed by atoms with Gasteiger partial charge < -0.3 is 19.5 Å². The number of para-hydroxylation sites is 1. The number of alkyl halides is 2. The van der Waals surface area contributed by atoms with Crippen LogP contribution >= 0.6 is 0 Å². The highest BCUT2D eigenvalue weighted by atomic mass is 19.3. The molecule has 1 saturated heterocycles. The van der Waals surface area contributed by atoms with Gasteiger partial charge in [-0.2, -0.15) is 0 Å². The highest BCUT2D eigenvalue weighted by Crippen LogP contribution is 2.40. The van der Waals surface area contributed by atoms with Gasteiger partial charge in [-0.15, -0.1) is 0 Å². The number of hydrogen-bond donors (Lipinski definition) is 1. The van der Waals surface area contributed by atoms with Crippen molar-refractivity contribution in [2.24, 2.45) is 0 Å². The minimum absolute atomic E-state index is 0.0415. The summed E-state index contributed by atoms with van der Waals surface area (Å²) in [6, 6.07) is 16.1. The SMILES string of the molecule is CC(C)(O)c1ccc(N2Cc3c(cc([C@H]4CCCOC4)nc3-c3ccccc3OCC(F)F)C2=O)cc1. The van der Waals surface area contributed by atoms with Crippen LogP contribution in [0.3, 0.4) is 0 Å². The fraction of sp³-hybridized carbons (Fsp3) is 0.379. The van der Waals surface area contributed by atoms with E-state index < -0.39 is 18.6 Å². The van der Waals surface area contributed by atoms with Crippen molar-refractivity contribution < 1.29 is 28.2 Å². The van der Waals surface area contributed by atoms with Crippen LogP contribution in [-0.4, -0.2) is 42.2 Å². The molecule has 8 heteroatoms. The molecular weight excluding hydrogens is 478 g/mol. The molecule has 1 fully saturated rings. The Labute approximate surface area is 214 Å². The standard InChI is InChI=1S/C29H30F2N2O4/c1-29(2,35)19-9-11-20(12-10-19)33-15-23-22(28(33)34)14-24(18-6-5-13-36-16-18)32-27(23)21-7-3-4-8-25(21)37-17-26(30)31/h3-4,7-12,14,18,26,35H,5-6,13,15-17H2,1-2H3/t18-/m0/s1. The fourth-order valence-corrected chi connectivity index (χ4v) is 4.92. The normalized spacial score (nSPS) is 17.8. The molecule has 2 aromatic carbocycles. The summed E-state index contributed by atoms with van der Waals surface area (Å²) in [4.78, 5) is 20.3. The van der Waals surface area contributed by atoms with E-state index in [4.69, 9.17) is 14.5 Å². The highest BCUT2D eigenvalue weighted by Gasteiger charge is 2.34. The molecule has 1 N–H and O–H groups in total. The molecule has 1 atom stereocenters. The third kappa shape index (κ3) is 5.22. The lowest BCUT2D eigenvalue weighted by atomic mass is 9.94. The third-order valence-corrected chi connectivity index (χ3v) is 6.91. The van der Waals surface area contributed by atoms with E-state index in [2.05, 4.69) is 0 Å². The number of amides is 1. The number of halogens is 2. The minimum Gasteiger partial charge on any atom is -0.487 e. The van der Waals surface area contributed by atoms with Gasteiger partial charge in [0.2, 0.25) is 0 Å². The number of ether oxygens (including phenoxy) is 2. The minimum atomic E-state index is -2.61. The van der Waals surface area contributed by atoms with Gasteiger partial charge in [-0.05, 0) is 62.6 Å². The third-order valence-electron chi connectivity index (χ3n) is 6.91. The van der Waals surface area contributed by atoms with Gasteiger partial charge in [0.25, 0.3) is 12.3 Å². The smallest absolute Gasteiger partial charge is 0.272 e. The lowest BCUT2D eigenvalue weighted by Gasteiger charge is -2.23. The molecule has 2 aliphatic rings. The first-order valence-electron chi connectivity index (χ1n) is 12.5. The number of aromatic nitrogens is 1. The number of rotatable bonds is 7. The van der Waals surface area contributed by atoms with Gasteiger partial charge in [-0.3, -0.25) is 9.78 Å². The van der Waals surface area contributed by atoms with Gasteiger partial charge in [-0.25, -0.2) is 8.78 Å². The Bertz CT molecular complexity index is 1280. The van der Waals surface area contributed by atoms with Crippen LogP contribution in [0, 0.1) is 0 Å². The van der Waals surface area contributed by atoms with Crippen LogP contribution in [0.5, 0.6) is 5.75 Å². The van der Waals surface area contributed by atoms with E-state index in [0.29, 0.717) is 41.5 Å². The molecule has 0 unspecified atom stereocenters. The topological polar surface area (TPSA) is 71.9 Å². The van der Waals surface area contributed by atoms with Gasteiger partial charge in [0.1, 0.15) is 12.4 Å². The number of anilines is 1. The van der Waals surface area contributed by atoms with Crippen LogP contribution in [0.25, 0.3) is 11.3 Å². The summed E-state index contributed by atoms with van der Waals surface area (Å²) in [6.45, 7) is 4.19. The Morgan fingerprint density at radius 3 is 2.59 bits per heavy atom. The maximum atomic E-state index is 13.7. The Morgan fingerprint density at radius 2 is 1.92 bits per heavy atom. The summed E-state index contributed by atoms with van der Waals surface area (Å²) in [6.07, 6.45) is -0.813. The van der Waals surface area contributed by atoms with Crippen molar-refractivity contribution in [2.75, 3.05) is 24.7 Å². The summed E-state index contributed by atoms with van der Waals surface area (Å²) >= 11 is 0. The zero-order valence-electron chi connectivity index (χ0n) is 20.9. The number of carbonyl (C=O) groups is 1. The number of pyridine rings is 1. The van der Waals surface area contributed by atoms with Gasteiger partial charge in [-0.1, -0.05) is 24.3 Å². The van der Waals surface area contributed by atoms with Crippen LogP contribution in [0.1, 0.15) is 59.8 Å². The molecular formula is C29H30F2N2O4. The molecule has 5 rings (SSSR count). The first-order valence-corrected chi connectivity index (χ1v) is 12.5. The predicted molar refractivity (Wildman–Crippen MR) is 136 cm³/mol. The summed E-state index contributed by atoms with van der Waals surface area (Å²) < 4.78 is 37.0. The lowest BCUT2D eigenvalue weighted by molar-refractivity contribution is 0.0785. The Kier molecular flexibility index (Phi) is 6.96. The molecule has 194 valence electrons. The molecule has 2 aliphatic heterocycles. The van der Waals surface area contributed by atoms with Gasteiger partial charge in [0.15, 0.2) is 0 Å². The zero-order valence-corrected chi connectivity index (χ0v) is 20.9. The maximum Gasteiger partial charge on any atom is 0.272 e. The molecule has 37 heavy (non-hydrogen) atoms. The number of benzene rings is 2. The van der Waals surface area contributed by atoms with E-state index in [9.17, 15) is 18.7 Å². The number of hydrogen-bond acceptors (Lipinski definition) is 5. The van der Waals surface area contributed by atoms with Gasteiger partial charge >= 0.3 is 0 Å². The van der Waals surface area contributed by atoms with E-state index in [-0.39, 0.29) is 18.4 Å². The largest absolute Gasteiger partial charge is 0.487 e. The van der Waals surface area contributed by atoms with Crippen molar-refractivity contribution >= 4 is 11.6 Å². The summed E-state index contributed by atoms with van der Waals surface area (Å²) in [7, 11) is 0. The van der Waals surface area contributed by atoms with Crippen molar-refractivity contribution in [1.29, 1.82) is 0 Å². The van der Waals surface area contributed by atoms with E-state index in [0.717, 1.165) is 29.7 Å². The first kappa shape index (κ1) is 25.3. The number of carbonyl (C=O) groups excluding carboxylic acids is 1. The van der Waals surface area contributed by atoms with Crippen LogP contribution in [0.4, 0.5) is 14.5 Å². The van der Waals surface area contributed by atoms with E-state index in [1.807, 2.05) is 30.3 Å². The molecule has 0 aliphatic carbocycles. The molecule has 1 aromatic heterocycles. The lowest BCUT2D eigenvalue weighted by Crippen LogP contribution is -2.23. The summed E-state index contributed by atoms with van der Waals surface area (Å²) in [5.74, 6) is 0.188. The molecule has 0 saturated carbocycles. The van der Waals surface area contributed by atoms with Crippen LogP contribution in [0.2, 0.25) is 0 Å². The Morgan fingerprint density at radius 1 is 1.16 bits per heavy atom. The number of fused-ring (bicyclic) bond motifs is 1. The van der Waals surface area contributed by atoms with Crippen LogP contribution < -0.4 is 9.64 Å². The molecule has 0 radical (unpaired) electrons. The van der Waals surface area contributed by atoms with Crippen molar-refractivity contribution in [2.45, 2.75) is 51.2 Å². The first-order chi connectivity index (χ1) is 17.7. The van der Waals surface area contributed by atoms with E-state index in [1.165, 1.54) is 0 Å². The van der Waals surface area contributed by atoms with Gasteiger partial charge in [0, 0.05) is 40.6 Å². The van der Waals surface area contributed by atoms with Crippen molar-refractivity contribution in [3.8, 4) is 17.0 Å². The average Bonchev–Trinajstić information content (AvgIpc) is 3.23. The Hall–Kier alpha value is -3.36. The molecule has 3 heterocycles. The van der Waals surface area contributed by atoms with E-state index in [1.54, 1.807) is 43.0 Å². The van der Waals surface area contributed by atoms with E-state index >= 15 is 0 Å². The fourth-order valence-electron chi connectivity index (χ4n) is 4.92. The molecule has 6 nitrogen and oxygen atoms in total. The molecule has 1 amide bonds. The monoisotopic (exact) mass is 508 g/mol. The zero-order chi connectivity index (χ0) is 26.2. The van der Waals surface area contributed by atoms with Crippen LogP contribution in [0.15, 0.2) is 54.6 Å². The van der Waals surface area contributed by atoms with Crippen molar-refractivity contribution in [3.63, 3.8) is 0 Å². The summed E-state index contributed by atoms with van der Waals surface area (Å²) in [5.41, 5.74) is 3.61. The maximum absolute atomic E-state index is 13.7. The quantitative estimate of drug-likeness (QED) is 0.445. The molecule has 0 spiro atoms. The Balaban J connectivity index is 1.58. The summed E-state index contributed by atoms with van der Waals surface area (Å²) in [5, 5.41) is 10.3. The molecule has 0 bridgehead atoms. The highest BCUT2D eigenvalue weighted by molar-refractivity contribution is 6.11. The van der Waals surface area contributed by atoms with Gasteiger partial charge in [0.05, 0.1) is 24.4 Å². The van der Waals surface area contributed by atoms with Crippen molar-refractivity contribution in [1.82, 2.24) is 4.98 Å². The second-order valence-electron chi connectivity index (χ2n) is 10.0. The second-order valence-corrected chi connectivity index (χ2v) is 10.0. The predicted octanol–water partition coefficient (Wildman–Crippen LogP) is 5.67. The number of nitrogens with zero attached hydrogens (tertiary/aromatic N) is 2. The number of aliphatic hydroxyl groups is 1. The van der Waals surface area contributed by atoms with Crippen molar-refractivity contribution in [3.05, 3.63) is 77.0 Å².